The van der Waals surface area contributed by atoms with Crippen LogP contribution in [-0.2, 0) is 68.6 Å². The average molecular weight is 1060 g/mol. The molecule has 2 aliphatic heterocycles. The first-order valence-corrected chi connectivity index (χ1v) is 25.3. The largest absolute Gasteiger partial charge is 0.460 e. The number of aryl methyl sites for hydroxylation is 5. The Morgan fingerprint density at radius 3 is 1.75 bits per heavy atom. The lowest BCUT2D eigenvalue weighted by Gasteiger charge is -2.24. The van der Waals surface area contributed by atoms with E-state index in [4.69, 9.17) is 19.9 Å². The Labute approximate surface area is 434 Å². The molecule has 5 heterocycles. The molecule has 0 amide bonds. The summed E-state index contributed by atoms with van der Waals surface area (Å²) in [5, 5.41) is 9.63. The van der Waals surface area contributed by atoms with Crippen molar-refractivity contribution >= 4 is 23.8 Å². The van der Waals surface area contributed by atoms with Crippen LogP contribution in [0.1, 0.15) is 133 Å². The van der Waals surface area contributed by atoms with Crippen molar-refractivity contribution in [3.63, 3.8) is 0 Å². The van der Waals surface area contributed by atoms with Crippen LogP contribution in [0.3, 0.4) is 0 Å². The SMILES string of the molecule is CC(C)(C)OC(=O)CC(c1cccc(C(F)(F)F)c1)n1ccn(CCCc2cn3c(n2)NCCC3)c1=O.COC(C)CN[C@@H](CC(=O)OC(C)(C)C)c1cccc(C(F)(F)F)c1.NCCCc1cn2c(n1)NCCC2. The fourth-order valence-electron chi connectivity index (χ4n) is 8.27. The molecule has 2 unspecified atom stereocenters. The summed E-state index contributed by atoms with van der Waals surface area (Å²) < 4.78 is 102. The first-order chi connectivity index (χ1) is 35.2. The minimum absolute atomic E-state index is 0.0744. The van der Waals surface area contributed by atoms with Crippen molar-refractivity contribution in [1.82, 2.24) is 33.6 Å². The molecule has 0 saturated carbocycles. The summed E-state index contributed by atoms with van der Waals surface area (Å²) in [5.74, 6) is 0.799. The minimum atomic E-state index is -4.55. The van der Waals surface area contributed by atoms with Crippen molar-refractivity contribution < 1.29 is 50.1 Å². The lowest BCUT2D eigenvalue weighted by atomic mass is 10.0. The van der Waals surface area contributed by atoms with Crippen molar-refractivity contribution in [2.45, 2.75) is 161 Å². The van der Waals surface area contributed by atoms with Crippen LogP contribution in [0.2, 0.25) is 0 Å². The van der Waals surface area contributed by atoms with E-state index in [9.17, 15) is 40.7 Å². The number of hydrogen-bond donors (Lipinski definition) is 4. The second-order valence-electron chi connectivity index (χ2n) is 20.6. The fraction of sp³-hybridized carbons (Fsp3) is 0.566. The van der Waals surface area contributed by atoms with Crippen LogP contribution in [0, 0.1) is 0 Å². The molecule has 414 valence electrons. The maximum Gasteiger partial charge on any atom is 0.416 e. The number of nitrogens with two attached hydrogens (primary N) is 1. The van der Waals surface area contributed by atoms with E-state index in [0.29, 0.717) is 31.5 Å². The number of aromatic nitrogens is 6. The Morgan fingerprint density at radius 1 is 0.747 bits per heavy atom. The van der Waals surface area contributed by atoms with Gasteiger partial charge in [0.1, 0.15) is 11.2 Å². The zero-order chi connectivity index (χ0) is 55.1. The zero-order valence-electron chi connectivity index (χ0n) is 44.2. The highest BCUT2D eigenvalue weighted by Crippen LogP contribution is 2.34. The van der Waals surface area contributed by atoms with Crippen LogP contribution in [0.25, 0.3) is 0 Å². The number of methoxy groups -OCH3 is 1. The highest BCUT2D eigenvalue weighted by atomic mass is 19.4. The van der Waals surface area contributed by atoms with E-state index in [-0.39, 0.29) is 24.5 Å². The number of benzene rings is 2. The minimum Gasteiger partial charge on any atom is -0.460 e. The van der Waals surface area contributed by atoms with Crippen LogP contribution in [0.4, 0.5) is 38.2 Å². The highest BCUT2D eigenvalue weighted by molar-refractivity contribution is 5.71. The second kappa shape index (κ2) is 26.6. The summed E-state index contributed by atoms with van der Waals surface area (Å²) in [6.45, 7) is 17.7. The van der Waals surface area contributed by atoms with Gasteiger partial charge in [-0.25, -0.2) is 14.8 Å². The molecule has 3 aromatic heterocycles. The normalized spacial score (nSPS) is 14.8. The van der Waals surface area contributed by atoms with E-state index in [0.717, 1.165) is 99.5 Å². The standard InChI is InChI=1S/C26H32F3N5O3.C18H26F3NO3.C9H16N4/c1-25(2,3)37-22(35)16-21(18-7-4-8-19(15-18)26(27,28)29)34-14-13-32(24(34)36)11-5-9-20-17-33-12-6-10-30-23(33)31-20;1-12(24-5)11-22-15(10-16(23)25-17(2,3)4)13-7-6-8-14(9-13)18(19,20)21;10-4-1-3-8-7-13-6-2-5-11-9(13)12-8/h4,7-8,13-15,17,21H,5-6,9-12,16H2,1-3H3,(H,30,31);6-9,12,15,22H,10-11H2,1-5H3;7H,1-6,10H2,(H,11,12)/t;12?,15-;/m.0./s1. The Kier molecular flexibility index (Phi) is 21.2. The molecule has 3 atom stereocenters. The molecule has 7 rings (SSSR count). The van der Waals surface area contributed by atoms with Crippen molar-refractivity contribution in [2.24, 2.45) is 5.73 Å². The summed E-state index contributed by atoms with van der Waals surface area (Å²) in [5.41, 5.74) is 4.70. The van der Waals surface area contributed by atoms with Crippen molar-refractivity contribution in [3.05, 3.63) is 117 Å². The monoisotopic (exact) mass is 1060 g/mol. The molecule has 75 heavy (non-hydrogen) atoms. The highest BCUT2D eigenvalue weighted by Gasteiger charge is 2.34. The van der Waals surface area contributed by atoms with E-state index in [1.807, 2.05) is 13.1 Å². The molecule has 0 radical (unpaired) electrons. The summed E-state index contributed by atoms with van der Waals surface area (Å²) in [6, 6.07) is 8.12. The number of nitrogens with zero attached hydrogens (tertiary/aromatic N) is 6. The van der Waals surface area contributed by atoms with Crippen molar-refractivity contribution in [1.29, 1.82) is 0 Å². The lowest BCUT2D eigenvalue weighted by Crippen LogP contribution is -2.33. The number of halogens is 6. The van der Waals surface area contributed by atoms with Crippen LogP contribution in [0.15, 0.2) is 78.1 Å². The second-order valence-corrected chi connectivity index (χ2v) is 20.6. The molecule has 16 nitrogen and oxygen atoms in total. The number of carbonyl (C=O) groups is 2. The van der Waals surface area contributed by atoms with Gasteiger partial charge in [-0.1, -0.05) is 24.3 Å². The van der Waals surface area contributed by atoms with Crippen molar-refractivity contribution in [2.75, 3.05) is 43.9 Å². The number of anilines is 2. The number of carbonyl (C=O) groups excluding carboxylic acids is 2. The smallest absolute Gasteiger partial charge is 0.416 e. The summed E-state index contributed by atoms with van der Waals surface area (Å²) in [6.07, 6.45) is 3.35. The van der Waals surface area contributed by atoms with Gasteiger partial charge < -0.3 is 45.0 Å². The molecule has 0 saturated heterocycles. The van der Waals surface area contributed by atoms with Gasteiger partial charge in [-0.3, -0.25) is 18.7 Å². The molecule has 0 aliphatic carbocycles. The first-order valence-electron chi connectivity index (χ1n) is 25.3. The number of esters is 2. The zero-order valence-corrected chi connectivity index (χ0v) is 44.2. The Balaban J connectivity index is 0.000000234. The molecule has 0 spiro atoms. The third kappa shape index (κ3) is 19.2. The number of alkyl halides is 6. The van der Waals surface area contributed by atoms with Gasteiger partial charge in [0.15, 0.2) is 0 Å². The third-order valence-corrected chi connectivity index (χ3v) is 11.9. The molecule has 2 aromatic carbocycles. The van der Waals surface area contributed by atoms with Gasteiger partial charge in [-0.15, -0.1) is 0 Å². The number of hydrogen-bond acceptors (Lipinski definition) is 12. The average Bonchev–Trinajstić information content (AvgIpc) is 4.06. The van der Waals surface area contributed by atoms with Crippen molar-refractivity contribution in [3.8, 4) is 0 Å². The fourth-order valence-corrected chi connectivity index (χ4v) is 8.27. The Morgan fingerprint density at radius 2 is 1.25 bits per heavy atom. The van der Waals surface area contributed by atoms with E-state index < -0.39 is 64.4 Å². The quantitative estimate of drug-likeness (QED) is 0.0482. The maximum atomic E-state index is 13.4. The van der Waals surface area contributed by atoms with Crippen LogP contribution < -0.4 is 27.4 Å². The summed E-state index contributed by atoms with van der Waals surface area (Å²) in [4.78, 5) is 47.1. The lowest BCUT2D eigenvalue weighted by molar-refractivity contribution is -0.156. The molecule has 5 aromatic rings. The van der Waals surface area contributed by atoms with Crippen LogP contribution in [-0.4, -0.2) is 90.8 Å². The molecular formula is C53H74F6N10O6. The van der Waals surface area contributed by atoms with Gasteiger partial charge in [0, 0.05) is 77.2 Å². The van der Waals surface area contributed by atoms with E-state index in [1.165, 1.54) is 40.0 Å². The van der Waals surface area contributed by atoms with E-state index in [1.54, 1.807) is 60.9 Å². The van der Waals surface area contributed by atoms with Gasteiger partial charge in [0.2, 0.25) is 11.9 Å². The topological polar surface area (TPSA) is 187 Å². The molecule has 5 N–H and O–H groups in total. The predicted octanol–water partition coefficient (Wildman–Crippen LogP) is 9.33. The van der Waals surface area contributed by atoms with Crippen LogP contribution in [0.5, 0.6) is 0 Å². The van der Waals surface area contributed by atoms with Gasteiger partial charge >= 0.3 is 30.0 Å². The molecule has 0 bridgehead atoms. The maximum absolute atomic E-state index is 13.4. The van der Waals surface area contributed by atoms with E-state index >= 15 is 0 Å². The summed E-state index contributed by atoms with van der Waals surface area (Å²) in [7, 11) is 1.54. The van der Waals surface area contributed by atoms with Gasteiger partial charge in [-0.05, 0) is 129 Å². The molecule has 22 heteroatoms. The molecular weight excluding hydrogens is 987 g/mol. The molecule has 0 fully saturated rings. The Hall–Kier alpha value is -6.13. The predicted molar refractivity (Wildman–Crippen MR) is 274 cm³/mol. The number of imidazole rings is 3. The summed E-state index contributed by atoms with van der Waals surface area (Å²) >= 11 is 0. The molecule has 2 aliphatic rings. The van der Waals surface area contributed by atoms with Gasteiger partial charge in [0.05, 0.1) is 47.5 Å². The Bertz CT molecular complexity index is 2610. The number of nitrogens with one attached hydrogen (secondary N) is 3. The number of ether oxygens (including phenoxy) is 3. The van der Waals surface area contributed by atoms with Crippen LogP contribution >= 0.6 is 0 Å². The first kappa shape index (κ1) is 59.7. The number of fused-ring (bicyclic) bond motifs is 2. The third-order valence-electron chi connectivity index (χ3n) is 11.9. The van der Waals surface area contributed by atoms with Gasteiger partial charge in [0.25, 0.3) is 0 Å². The number of rotatable bonds is 18. The van der Waals surface area contributed by atoms with Gasteiger partial charge in [-0.2, -0.15) is 26.3 Å². The van der Waals surface area contributed by atoms with E-state index in [2.05, 4.69) is 41.2 Å².